The van der Waals surface area contributed by atoms with Crippen LogP contribution in [0.2, 0.25) is 0 Å². The van der Waals surface area contributed by atoms with Crippen LogP contribution in [0.4, 0.5) is 0 Å². The van der Waals surface area contributed by atoms with Gasteiger partial charge in [-0.15, -0.1) is 0 Å². The monoisotopic (exact) mass is 1710 g/mol. The van der Waals surface area contributed by atoms with Crippen molar-refractivity contribution in [2.75, 3.05) is 77.5 Å². The highest BCUT2D eigenvalue weighted by molar-refractivity contribution is 7.98. The standard InChI is InChI=1S/C79H130N22O18S/c1-47(2)41-58(70(110)90-48(3)66(106)95-57(78(118)119)25-16-37-87-79(85)86)98-75(115)63-27-18-39-101(63)77(117)56(32-40-120-4)94-74(114)62-26-17-38-100(62)76(116)55(24-11-15-36-83)93-71(111)59(42-49-19-6-5-7-20-49)97-73(113)61(46-102)99-72(112)60(43-50-28-30-51(103)31-29-50)96-69(109)54(23-10-14-35-82)92-65(105)45-89-68(108)53(22-9-13-34-81)91-64(104)44-88-67(107)52(84)21-8-12-33-80/h5-7,19-20,28-31,47-48,52-63,102-103H,8-18,21-27,32-46,80-84H2,1-4H3,(H,88,107)(H,89,108)(H,90,110)(H,91,104)(H,92,105)(H,93,111)(H,94,114)(H,95,106)(H,96,109)(H,97,113)(H,98,115)(H,99,112)(H,118,119)(H4,85,86,87)/t48-,52-,53-,54-,55-,56+,57+,58+,59-,60-,61-,62+,63+/m0/s1. The fourth-order valence-electron chi connectivity index (χ4n) is 13.6. The van der Waals surface area contributed by atoms with Gasteiger partial charge in [0.2, 0.25) is 82.7 Å². The van der Waals surface area contributed by atoms with Crippen molar-refractivity contribution in [3.05, 3.63) is 65.7 Å². The fraction of sp³-hybridized carbons (Fsp3) is 0.646. The SMILES string of the molecule is CSCC[C@@H](NC(=O)[C@H]1CCCN1C(=O)[C@H](CCCCN)NC(=O)[C@H](Cc1ccccc1)NC(=O)[C@H](CO)NC(=O)[C@H](Cc1ccc(O)cc1)NC(=O)[C@H](CCCCN)NC(=O)CNC(=O)[C@H](CCCCN)NC(=O)CNC(=O)[C@@H](N)CCCCN)C(=O)N1CCC[C@@H]1C(=O)N[C@H](CC(C)C)C(=O)N[C@@H](C)C(=O)N[C@H](CCCN=C(N)N)C(=O)O. The van der Waals surface area contributed by atoms with Crippen molar-refractivity contribution in [3.63, 3.8) is 0 Å². The molecule has 0 aliphatic carbocycles. The van der Waals surface area contributed by atoms with Gasteiger partial charge in [-0.05, 0) is 196 Å². The number of hydrogen-bond acceptors (Lipinski definition) is 24. The molecule has 2 aromatic carbocycles. The fourth-order valence-corrected chi connectivity index (χ4v) is 14.1. The van der Waals surface area contributed by atoms with E-state index < -0.39 is 187 Å². The summed E-state index contributed by atoms with van der Waals surface area (Å²) in [7, 11) is 0. The number of carboxylic acid groups (broad SMARTS) is 1. The number of aromatic hydroxyl groups is 1. The number of phenolic OH excluding ortho intramolecular Hbond substituents is 1. The van der Waals surface area contributed by atoms with Gasteiger partial charge in [0.25, 0.3) is 0 Å². The molecule has 120 heavy (non-hydrogen) atoms. The Morgan fingerprint density at radius 1 is 0.467 bits per heavy atom. The molecule has 0 saturated carbocycles. The van der Waals surface area contributed by atoms with E-state index >= 15 is 4.79 Å². The molecule has 4 rings (SSSR count). The molecule has 2 saturated heterocycles. The number of thioether (sulfide) groups is 1. The summed E-state index contributed by atoms with van der Waals surface area (Å²) in [6.07, 6.45) is 6.72. The van der Waals surface area contributed by atoms with Crippen LogP contribution in [0, 0.1) is 5.92 Å². The van der Waals surface area contributed by atoms with Crippen LogP contribution in [0.25, 0.3) is 0 Å². The summed E-state index contributed by atoms with van der Waals surface area (Å²) < 4.78 is 0. The lowest BCUT2D eigenvalue weighted by Gasteiger charge is -2.32. The molecule has 40 nitrogen and oxygen atoms in total. The third kappa shape index (κ3) is 36.7. The molecule has 0 unspecified atom stereocenters. The van der Waals surface area contributed by atoms with Crippen molar-refractivity contribution in [2.45, 2.75) is 241 Å². The Labute approximate surface area is 704 Å². The van der Waals surface area contributed by atoms with Gasteiger partial charge < -0.3 is 129 Å². The lowest BCUT2D eigenvalue weighted by Crippen LogP contribution is -2.61. The van der Waals surface area contributed by atoms with Crippen molar-refractivity contribution in [2.24, 2.45) is 51.0 Å². The Morgan fingerprint density at radius 2 is 0.883 bits per heavy atom. The molecule has 0 spiro atoms. The number of amides is 14. The Balaban J connectivity index is 1.54. The Hall–Kier alpha value is -10.3. The molecule has 29 N–H and O–H groups in total. The van der Waals surface area contributed by atoms with Crippen LogP contribution in [-0.4, -0.2) is 276 Å². The minimum absolute atomic E-state index is 0.00355. The molecule has 41 heteroatoms. The van der Waals surface area contributed by atoms with Gasteiger partial charge in [-0.1, -0.05) is 62.7 Å². The molecule has 2 aliphatic heterocycles. The van der Waals surface area contributed by atoms with Gasteiger partial charge in [0.15, 0.2) is 5.96 Å². The number of aliphatic imine (C=N–C) groups is 1. The lowest BCUT2D eigenvalue weighted by atomic mass is 10.0. The highest BCUT2D eigenvalue weighted by Crippen LogP contribution is 2.25. The van der Waals surface area contributed by atoms with Gasteiger partial charge in [-0.25, -0.2) is 4.79 Å². The first-order valence-electron chi connectivity index (χ1n) is 41.2. The van der Waals surface area contributed by atoms with Crippen LogP contribution < -0.4 is 104 Å². The molecule has 0 aromatic heterocycles. The number of likely N-dealkylation sites (tertiary alicyclic amines) is 2. The quantitative estimate of drug-likeness (QED) is 0.0168. The second kappa shape index (κ2) is 55.5. The number of phenols is 1. The number of nitrogens with one attached hydrogen (secondary N) is 12. The summed E-state index contributed by atoms with van der Waals surface area (Å²) >= 11 is 1.39. The number of unbranched alkanes of at least 4 members (excludes halogenated alkanes) is 4. The summed E-state index contributed by atoms with van der Waals surface area (Å²) in [5, 5.41) is 62.1. The number of carbonyl (C=O) groups is 15. The summed E-state index contributed by atoms with van der Waals surface area (Å²) in [6.45, 7) is 4.11. The van der Waals surface area contributed by atoms with Gasteiger partial charge in [0.1, 0.15) is 78.3 Å². The molecule has 2 aromatic rings. The van der Waals surface area contributed by atoms with E-state index in [0.29, 0.717) is 87.6 Å². The van der Waals surface area contributed by atoms with Gasteiger partial charge in [-0.2, -0.15) is 11.8 Å². The number of aliphatic carboxylic acids is 1. The van der Waals surface area contributed by atoms with Crippen LogP contribution in [0.5, 0.6) is 5.75 Å². The van der Waals surface area contributed by atoms with Gasteiger partial charge in [0.05, 0.1) is 25.7 Å². The largest absolute Gasteiger partial charge is 0.508 e. The first kappa shape index (κ1) is 102. The predicted octanol–water partition coefficient (Wildman–Crippen LogP) is -4.97. The zero-order valence-corrected chi connectivity index (χ0v) is 70.2. The number of guanidine groups is 1. The van der Waals surface area contributed by atoms with Crippen LogP contribution in [0.1, 0.15) is 160 Å². The van der Waals surface area contributed by atoms with Crippen molar-refractivity contribution in [3.8, 4) is 5.75 Å². The third-order valence-corrected chi connectivity index (χ3v) is 20.8. The van der Waals surface area contributed by atoms with E-state index in [1.165, 1.54) is 52.8 Å². The normalized spacial score (nSPS) is 16.5. The summed E-state index contributed by atoms with van der Waals surface area (Å²) in [4.78, 5) is 216. The molecule has 0 bridgehead atoms. The number of hydrogen-bond donors (Lipinski definition) is 22. The molecule has 2 aliphatic rings. The summed E-state index contributed by atoms with van der Waals surface area (Å²) in [6, 6.07) is -2.91. The van der Waals surface area contributed by atoms with Crippen LogP contribution in [0.15, 0.2) is 59.6 Å². The maximum Gasteiger partial charge on any atom is 0.326 e. The van der Waals surface area contributed by atoms with Gasteiger partial charge >= 0.3 is 5.97 Å². The third-order valence-electron chi connectivity index (χ3n) is 20.2. The maximum atomic E-state index is 15.1. The number of nitrogens with zero attached hydrogens (tertiary/aromatic N) is 3. The van der Waals surface area contributed by atoms with E-state index in [1.54, 1.807) is 36.6 Å². The minimum atomic E-state index is -1.82. The second-order valence-electron chi connectivity index (χ2n) is 30.4. The molecule has 14 amide bonds. The molecular formula is C79H130N22O18S. The van der Waals surface area contributed by atoms with Gasteiger partial charge in [-0.3, -0.25) is 72.1 Å². The first-order chi connectivity index (χ1) is 57.3. The molecule has 2 fully saturated rings. The van der Waals surface area contributed by atoms with Crippen molar-refractivity contribution < 1.29 is 87.2 Å². The maximum absolute atomic E-state index is 15.1. The second-order valence-corrected chi connectivity index (χ2v) is 31.4. The minimum Gasteiger partial charge on any atom is -0.508 e. The van der Waals surface area contributed by atoms with E-state index in [0.717, 1.165) is 0 Å². The van der Waals surface area contributed by atoms with E-state index in [1.807, 2.05) is 13.8 Å². The number of rotatable bonds is 57. The number of aliphatic hydroxyl groups excluding tert-OH is 1. The number of nitrogens with two attached hydrogens (primary N) is 7. The average Bonchev–Trinajstić information content (AvgIpc) is 1.61. The number of aliphatic hydroxyl groups is 1. The highest BCUT2D eigenvalue weighted by atomic mass is 32.2. The predicted molar refractivity (Wildman–Crippen MR) is 449 cm³/mol. The average molecular weight is 1710 g/mol. The molecule has 0 radical (unpaired) electrons. The lowest BCUT2D eigenvalue weighted by molar-refractivity contribution is -0.145. The van der Waals surface area contributed by atoms with Crippen LogP contribution in [-0.2, 0) is 84.8 Å². The first-order valence-corrected chi connectivity index (χ1v) is 42.6. The van der Waals surface area contributed by atoms with Gasteiger partial charge in [0, 0.05) is 32.5 Å². The molecule has 670 valence electrons. The molecular weight excluding hydrogens is 1580 g/mol. The van der Waals surface area contributed by atoms with E-state index in [2.05, 4.69) is 68.8 Å². The molecule has 13 atom stereocenters. The highest BCUT2D eigenvalue weighted by Gasteiger charge is 2.44. The van der Waals surface area contributed by atoms with Crippen molar-refractivity contribution in [1.29, 1.82) is 0 Å². The Bertz CT molecular complexity index is 3680. The van der Waals surface area contributed by atoms with E-state index in [9.17, 15) is 82.4 Å². The van der Waals surface area contributed by atoms with Crippen molar-refractivity contribution in [1.82, 2.24) is 73.6 Å². The summed E-state index contributed by atoms with van der Waals surface area (Å²) in [5.41, 5.74) is 40.6. The molecule has 2 heterocycles. The van der Waals surface area contributed by atoms with Crippen molar-refractivity contribution >= 4 is 106 Å². The summed E-state index contributed by atoms with van der Waals surface area (Å²) in [5.74, 6) is -12.4. The zero-order chi connectivity index (χ0) is 88.8. The Kier molecular flexibility index (Phi) is 47.2. The topological polar surface area (TPSA) is 662 Å². The smallest absolute Gasteiger partial charge is 0.326 e. The zero-order valence-electron chi connectivity index (χ0n) is 69.4. The number of benzene rings is 2. The Morgan fingerprint density at radius 3 is 1.37 bits per heavy atom. The van der Waals surface area contributed by atoms with E-state index in [4.69, 9.17) is 40.1 Å². The number of carbonyl (C=O) groups excluding carboxylic acids is 14. The van der Waals surface area contributed by atoms with Crippen LogP contribution >= 0.6 is 11.8 Å². The van der Waals surface area contributed by atoms with Crippen LogP contribution in [0.3, 0.4) is 0 Å². The number of carboxylic acids is 1. The van der Waals surface area contributed by atoms with E-state index in [-0.39, 0.29) is 134 Å².